The van der Waals surface area contributed by atoms with E-state index in [4.69, 9.17) is 9.84 Å². The van der Waals surface area contributed by atoms with Gasteiger partial charge in [-0.2, -0.15) is 0 Å². The first-order chi connectivity index (χ1) is 9.02. The molecule has 0 aromatic carbocycles. The second-order valence-corrected chi connectivity index (χ2v) is 4.98. The minimum absolute atomic E-state index is 0.0914. The molecule has 0 spiro atoms. The van der Waals surface area contributed by atoms with Crippen LogP contribution in [0.25, 0.3) is 0 Å². The summed E-state index contributed by atoms with van der Waals surface area (Å²) < 4.78 is 5.11. The van der Waals surface area contributed by atoms with E-state index in [1.807, 2.05) is 6.07 Å². The van der Waals surface area contributed by atoms with Crippen LogP contribution in [-0.4, -0.2) is 47.8 Å². The molecule has 106 valence electrons. The van der Waals surface area contributed by atoms with Crippen LogP contribution in [0.3, 0.4) is 0 Å². The van der Waals surface area contributed by atoms with E-state index in [1.54, 1.807) is 19.4 Å². The molecule has 0 radical (unpaired) electrons. The summed E-state index contributed by atoms with van der Waals surface area (Å²) in [6.07, 6.45) is 1.54. The van der Waals surface area contributed by atoms with Crippen molar-refractivity contribution in [2.75, 3.05) is 26.8 Å². The summed E-state index contributed by atoms with van der Waals surface area (Å²) in [6.45, 7) is 7.49. The van der Waals surface area contributed by atoms with Gasteiger partial charge >= 0.3 is 5.97 Å². The van der Waals surface area contributed by atoms with E-state index in [0.29, 0.717) is 19.1 Å². The highest BCUT2D eigenvalue weighted by Crippen LogP contribution is 2.08. The molecule has 1 aromatic heterocycles. The average Bonchev–Trinajstić information content (AvgIpc) is 2.35. The Morgan fingerprint density at radius 2 is 2.26 bits per heavy atom. The number of hydrogen-bond donors (Lipinski definition) is 1. The van der Waals surface area contributed by atoms with E-state index in [-0.39, 0.29) is 5.69 Å². The van der Waals surface area contributed by atoms with E-state index in [0.717, 1.165) is 18.7 Å². The number of nitrogens with zero attached hydrogens (tertiary/aromatic N) is 2. The smallest absolute Gasteiger partial charge is 0.354 e. The Balaban J connectivity index is 2.71. The van der Waals surface area contributed by atoms with Gasteiger partial charge in [-0.3, -0.25) is 4.90 Å². The molecule has 0 aliphatic rings. The van der Waals surface area contributed by atoms with Crippen molar-refractivity contribution in [2.24, 2.45) is 5.92 Å². The van der Waals surface area contributed by atoms with Gasteiger partial charge in [0.1, 0.15) is 5.69 Å². The fraction of sp³-hybridized carbons (Fsp3) is 0.571. The molecule has 0 aliphatic heterocycles. The van der Waals surface area contributed by atoms with Gasteiger partial charge in [-0.25, -0.2) is 9.78 Å². The van der Waals surface area contributed by atoms with Gasteiger partial charge in [-0.1, -0.05) is 13.8 Å². The van der Waals surface area contributed by atoms with E-state index < -0.39 is 5.97 Å². The molecule has 5 nitrogen and oxygen atoms in total. The summed E-state index contributed by atoms with van der Waals surface area (Å²) in [5.74, 6) is -0.438. The Morgan fingerprint density at radius 3 is 2.84 bits per heavy atom. The predicted octanol–water partition coefficient (Wildman–Crippen LogP) is 1.88. The molecular weight excluding hydrogens is 244 g/mol. The van der Waals surface area contributed by atoms with Crippen molar-refractivity contribution >= 4 is 5.97 Å². The van der Waals surface area contributed by atoms with Crippen molar-refractivity contribution < 1.29 is 14.6 Å². The highest BCUT2D eigenvalue weighted by molar-refractivity contribution is 5.85. The number of aromatic nitrogens is 1. The second kappa shape index (κ2) is 7.86. The van der Waals surface area contributed by atoms with Gasteiger partial charge in [0.2, 0.25) is 0 Å². The van der Waals surface area contributed by atoms with E-state index in [2.05, 4.69) is 23.7 Å². The van der Waals surface area contributed by atoms with Crippen LogP contribution in [0.15, 0.2) is 18.3 Å². The lowest BCUT2D eigenvalue weighted by Crippen LogP contribution is -2.30. The van der Waals surface area contributed by atoms with Crippen LogP contribution in [0, 0.1) is 5.92 Å². The largest absolute Gasteiger partial charge is 0.477 e. The Morgan fingerprint density at radius 1 is 1.53 bits per heavy atom. The van der Waals surface area contributed by atoms with Gasteiger partial charge < -0.3 is 9.84 Å². The number of carboxylic acid groups (broad SMARTS) is 1. The maximum atomic E-state index is 10.9. The minimum atomic E-state index is -0.992. The Hall–Kier alpha value is -1.46. The summed E-state index contributed by atoms with van der Waals surface area (Å²) in [5.41, 5.74) is 1.05. The van der Waals surface area contributed by atoms with E-state index >= 15 is 0 Å². The molecule has 0 unspecified atom stereocenters. The van der Waals surface area contributed by atoms with Crippen LogP contribution >= 0.6 is 0 Å². The molecule has 0 fully saturated rings. The molecule has 1 N–H and O–H groups in total. The third kappa shape index (κ3) is 5.81. The van der Waals surface area contributed by atoms with Crippen molar-refractivity contribution in [2.45, 2.75) is 20.4 Å². The Kier molecular flexibility index (Phi) is 6.45. The summed E-state index contributed by atoms with van der Waals surface area (Å²) in [6, 6.07) is 3.48. The molecule has 1 heterocycles. The standard InChI is InChI=1S/C14H22N2O3/c1-11(2)9-16(6-7-19-3)10-12-4-5-15-13(8-12)14(17)18/h4-5,8,11H,6-7,9-10H2,1-3H3,(H,17,18). The van der Waals surface area contributed by atoms with Gasteiger partial charge in [0, 0.05) is 32.9 Å². The zero-order valence-electron chi connectivity index (χ0n) is 11.8. The zero-order chi connectivity index (χ0) is 14.3. The van der Waals surface area contributed by atoms with Crippen molar-refractivity contribution in [3.63, 3.8) is 0 Å². The maximum Gasteiger partial charge on any atom is 0.354 e. The van der Waals surface area contributed by atoms with Crippen molar-refractivity contribution in [1.82, 2.24) is 9.88 Å². The maximum absolute atomic E-state index is 10.9. The van der Waals surface area contributed by atoms with Crippen molar-refractivity contribution in [3.05, 3.63) is 29.6 Å². The van der Waals surface area contributed by atoms with Crippen molar-refractivity contribution in [1.29, 1.82) is 0 Å². The number of hydrogen-bond acceptors (Lipinski definition) is 4. The normalized spacial score (nSPS) is 11.2. The second-order valence-electron chi connectivity index (χ2n) is 4.98. The third-order valence-electron chi connectivity index (χ3n) is 2.68. The monoisotopic (exact) mass is 266 g/mol. The van der Waals surface area contributed by atoms with Crippen LogP contribution in [-0.2, 0) is 11.3 Å². The summed E-state index contributed by atoms with van der Waals surface area (Å²) >= 11 is 0. The van der Waals surface area contributed by atoms with Crippen LogP contribution in [0.2, 0.25) is 0 Å². The van der Waals surface area contributed by atoms with Crippen LogP contribution in [0.1, 0.15) is 29.9 Å². The van der Waals surface area contributed by atoms with E-state index in [1.165, 1.54) is 0 Å². The van der Waals surface area contributed by atoms with Gasteiger partial charge in [0.25, 0.3) is 0 Å². The lowest BCUT2D eigenvalue weighted by atomic mass is 10.1. The average molecular weight is 266 g/mol. The minimum Gasteiger partial charge on any atom is -0.477 e. The van der Waals surface area contributed by atoms with Gasteiger partial charge in [0.05, 0.1) is 6.61 Å². The number of rotatable bonds is 8. The van der Waals surface area contributed by atoms with Crippen LogP contribution in [0.5, 0.6) is 0 Å². The van der Waals surface area contributed by atoms with Crippen molar-refractivity contribution in [3.8, 4) is 0 Å². The van der Waals surface area contributed by atoms with E-state index in [9.17, 15) is 4.79 Å². The quantitative estimate of drug-likeness (QED) is 0.778. The molecule has 0 amide bonds. The summed E-state index contributed by atoms with van der Waals surface area (Å²) in [4.78, 5) is 17.0. The summed E-state index contributed by atoms with van der Waals surface area (Å²) in [7, 11) is 1.68. The highest BCUT2D eigenvalue weighted by Gasteiger charge is 2.10. The SMILES string of the molecule is COCCN(Cc1ccnc(C(=O)O)c1)CC(C)C. The molecule has 0 bridgehead atoms. The molecule has 0 saturated carbocycles. The number of pyridine rings is 1. The molecule has 0 saturated heterocycles. The number of aromatic carboxylic acids is 1. The van der Waals surface area contributed by atoms with Crippen LogP contribution in [0.4, 0.5) is 0 Å². The zero-order valence-corrected chi connectivity index (χ0v) is 11.8. The topological polar surface area (TPSA) is 62.7 Å². The van der Waals surface area contributed by atoms with Gasteiger partial charge in [0.15, 0.2) is 0 Å². The van der Waals surface area contributed by atoms with Crippen LogP contribution < -0.4 is 0 Å². The Bertz CT molecular complexity index is 407. The van der Waals surface area contributed by atoms with Gasteiger partial charge in [-0.05, 0) is 23.6 Å². The summed E-state index contributed by atoms with van der Waals surface area (Å²) in [5, 5.41) is 8.93. The lowest BCUT2D eigenvalue weighted by Gasteiger charge is -2.24. The number of ether oxygens (including phenoxy) is 1. The molecule has 1 aromatic rings. The Labute approximate surface area is 114 Å². The third-order valence-corrected chi connectivity index (χ3v) is 2.68. The fourth-order valence-corrected chi connectivity index (χ4v) is 1.92. The fourth-order valence-electron chi connectivity index (χ4n) is 1.92. The highest BCUT2D eigenvalue weighted by atomic mass is 16.5. The first-order valence-electron chi connectivity index (χ1n) is 6.42. The van der Waals surface area contributed by atoms with Gasteiger partial charge in [-0.15, -0.1) is 0 Å². The molecular formula is C14H22N2O3. The first-order valence-corrected chi connectivity index (χ1v) is 6.42. The molecule has 5 heteroatoms. The predicted molar refractivity (Wildman–Crippen MR) is 73.2 cm³/mol. The lowest BCUT2D eigenvalue weighted by molar-refractivity contribution is 0.0690. The molecule has 1 rings (SSSR count). The number of methoxy groups -OCH3 is 1. The molecule has 0 aliphatic carbocycles. The molecule has 0 atom stereocenters. The number of carboxylic acids is 1. The molecule has 19 heavy (non-hydrogen) atoms. The first kappa shape index (κ1) is 15.6. The number of carbonyl (C=O) groups is 1.